The van der Waals surface area contributed by atoms with Gasteiger partial charge in [0.2, 0.25) is 12.7 Å². The van der Waals surface area contributed by atoms with Gasteiger partial charge in [0.05, 0.1) is 28.9 Å². The zero-order valence-corrected chi connectivity index (χ0v) is 21.3. The molecule has 5 aromatic rings. The molecule has 1 aliphatic rings. The summed E-state index contributed by atoms with van der Waals surface area (Å²) in [5.41, 5.74) is 8.32. The number of anilines is 1. The van der Waals surface area contributed by atoms with Crippen molar-refractivity contribution in [2.75, 3.05) is 12.1 Å². The summed E-state index contributed by atoms with van der Waals surface area (Å²) < 4.78 is 13.6. The maximum absolute atomic E-state index is 12.9. The lowest BCUT2D eigenvalue weighted by atomic mass is 10.0. The number of hydrogen-bond donors (Lipinski definition) is 2. The van der Waals surface area contributed by atoms with Crippen molar-refractivity contribution in [3.05, 3.63) is 81.7 Å². The number of halogens is 2. The van der Waals surface area contributed by atoms with E-state index in [0.29, 0.717) is 28.6 Å². The summed E-state index contributed by atoms with van der Waals surface area (Å²) in [6.45, 7) is 0.144. The van der Waals surface area contributed by atoms with Crippen molar-refractivity contribution in [1.82, 2.24) is 14.8 Å². The molecule has 11 heteroatoms. The molecule has 9 nitrogen and oxygen atoms in total. The Bertz CT molecular complexity index is 1750. The Balaban J connectivity index is 1.55. The number of primary amides is 1. The van der Waals surface area contributed by atoms with E-state index in [0.717, 1.165) is 26.1 Å². The van der Waals surface area contributed by atoms with E-state index < -0.39 is 5.91 Å². The summed E-state index contributed by atoms with van der Waals surface area (Å²) in [5, 5.41) is 10.2. The molecule has 0 bridgehead atoms. The Hall–Kier alpha value is -4.15. The first-order valence-electron chi connectivity index (χ1n) is 11.1. The topological polar surface area (TPSA) is 121 Å². The fourth-order valence-corrected chi connectivity index (χ4v) is 5.15. The van der Waals surface area contributed by atoms with Crippen LogP contribution in [0, 0.1) is 0 Å². The number of hydrogen-bond acceptors (Lipinski definition) is 6. The number of pyridine rings is 1. The van der Waals surface area contributed by atoms with Gasteiger partial charge in [0.1, 0.15) is 5.15 Å². The van der Waals surface area contributed by atoms with Crippen molar-refractivity contribution in [1.29, 1.82) is 0 Å². The Morgan fingerprint density at radius 3 is 2.70 bits per heavy atom. The average Bonchev–Trinajstić information content (AvgIpc) is 3.48. The molecular formula is C26H17BrClN5O4. The first-order chi connectivity index (χ1) is 17.9. The average molecular weight is 579 g/mol. The number of carbonyl (C=O) groups is 2. The summed E-state index contributed by atoms with van der Waals surface area (Å²) in [7, 11) is 0. The van der Waals surface area contributed by atoms with Crippen LogP contribution >= 0.6 is 27.5 Å². The van der Waals surface area contributed by atoms with Crippen molar-refractivity contribution < 1.29 is 19.1 Å². The van der Waals surface area contributed by atoms with Gasteiger partial charge in [-0.3, -0.25) is 9.59 Å². The maximum atomic E-state index is 12.9. The zero-order valence-electron chi connectivity index (χ0n) is 19.0. The van der Waals surface area contributed by atoms with Gasteiger partial charge < -0.3 is 20.5 Å². The van der Waals surface area contributed by atoms with Gasteiger partial charge in [-0.05, 0) is 47.9 Å². The minimum atomic E-state index is -0.497. The summed E-state index contributed by atoms with van der Waals surface area (Å²) in [6, 6.07) is 16.2. The van der Waals surface area contributed by atoms with Gasteiger partial charge in [0, 0.05) is 33.2 Å². The zero-order chi connectivity index (χ0) is 25.7. The van der Waals surface area contributed by atoms with Crippen molar-refractivity contribution in [3.63, 3.8) is 0 Å². The third kappa shape index (κ3) is 4.13. The number of rotatable bonds is 5. The molecule has 1 aliphatic heterocycles. The van der Waals surface area contributed by atoms with Crippen molar-refractivity contribution in [2.24, 2.45) is 5.73 Å². The Labute approximate surface area is 223 Å². The predicted molar refractivity (Wildman–Crippen MR) is 142 cm³/mol. The van der Waals surface area contributed by atoms with E-state index in [4.69, 9.17) is 31.9 Å². The largest absolute Gasteiger partial charge is 0.454 e. The maximum Gasteiger partial charge on any atom is 0.258 e. The van der Waals surface area contributed by atoms with Gasteiger partial charge in [0.15, 0.2) is 11.5 Å². The number of nitrogens with one attached hydrogen (secondary N) is 1. The summed E-state index contributed by atoms with van der Waals surface area (Å²) in [6.07, 6.45) is 1.48. The van der Waals surface area contributed by atoms with Crippen LogP contribution in [0.5, 0.6) is 11.5 Å². The number of fused-ring (bicyclic) bond motifs is 4. The van der Waals surface area contributed by atoms with E-state index in [9.17, 15) is 9.59 Å². The molecule has 3 aromatic carbocycles. The number of ether oxygens (including phenoxy) is 2. The van der Waals surface area contributed by atoms with Crippen LogP contribution in [0.1, 0.15) is 16.1 Å². The smallest absolute Gasteiger partial charge is 0.258 e. The molecule has 37 heavy (non-hydrogen) atoms. The Morgan fingerprint density at radius 2 is 1.89 bits per heavy atom. The summed E-state index contributed by atoms with van der Waals surface area (Å²) in [5.74, 6) is 0.356. The van der Waals surface area contributed by atoms with E-state index >= 15 is 0 Å². The van der Waals surface area contributed by atoms with Crippen LogP contribution in [0.15, 0.2) is 65.3 Å². The van der Waals surface area contributed by atoms with Crippen molar-refractivity contribution in [2.45, 2.75) is 6.42 Å². The molecule has 0 saturated carbocycles. The molecule has 0 radical (unpaired) electrons. The number of aromatic nitrogens is 3. The molecule has 0 aliphatic carbocycles. The van der Waals surface area contributed by atoms with E-state index in [1.165, 1.54) is 6.20 Å². The van der Waals surface area contributed by atoms with Gasteiger partial charge in [-0.15, -0.1) is 0 Å². The molecule has 0 saturated heterocycles. The quantitative estimate of drug-likeness (QED) is 0.283. The van der Waals surface area contributed by atoms with Crippen LogP contribution in [0.2, 0.25) is 5.15 Å². The van der Waals surface area contributed by atoms with E-state index in [1.54, 1.807) is 22.9 Å². The lowest BCUT2D eigenvalue weighted by Crippen LogP contribution is -2.14. The number of amides is 2. The van der Waals surface area contributed by atoms with Gasteiger partial charge in [0.25, 0.3) is 5.91 Å². The lowest BCUT2D eigenvalue weighted by Gasteiger charge is -2.11. The molecule has 2 amide bonds. The molecule has 0 fully saturated rings. The van der Waals surface area contributed by atoms with Crippen LogP contribution in [0.25, 0.3) is 27.4 Å². The number of nitrogens with zero attached hydrogens (tertiary/aromatic N) is 3. The molecule has 2 aromatic heterocycles. The van der Waals surface area contributed by atoms with Crippen molar-refractivity contribution in [3.8, 4) is 17.2 Å². The fraction of sp³-hybridized carbons (Fsp3) is 0.0769. The third-order valence-electron chi connectivity index (χ3n) is 6.01. The summed E-state index contributed by atoms with van der Waals surface area (Å²) in [4.78, 5) is 28.7. The molecular weight excluding hydrogens is 562 g/mol. The standard InChI is InChI=1S/C26H17BrClN5O4/c27-19-10-18-20(11-23(29)34)32-33(14-4-6-21-22(9-14)37-12-36-21)24(18)17-8-13(3-5-15(17)19)31-26(35)16-2-1-7-30-25(16)28/h1-10H,11-12H2,(H2,29,34)(H,31,35). The molecule has 0 spiro atoms. The van der Waals surface area contributed by atoms with Crippen molar-refractivity contribution >= 4 is 66.7 Å². The van der Waals surface area contributed by atoms with Gasteiger partial charge >= 0.3 is 0 Å². The highest BCUT2D eigenvalue weighted by Gasteiger charge is 2.21. The minimum absolute atomic E-state index is 0.0398. The van der Waals surface area contributed by atoms with Gasteiger partial charge in [-0.1, -0.05) is 33.6 Å². The molecule has 6 rings (SSSR count). The second-order valence-corrected chi connectivity index (χ2v) is 9.56. The second kappa shape index (κ2) is 9.06. The van der Waals surface area contributed by atoms with E-state index in [2.05, 4.69) is 26.2 Å². The van der Waals surface area contributed by atoms with Crippen LogP contribution in [0.3, 0.4) is 0 Å². The number of carbonyl (C=O) groups excluding carboxylic acids is 2. The lowest BCUT2D eigenvalue weighted by molar-refractivity contribution is -0.117. The van der Waals surface area contributed by atoms with Gasteiger partial charge in [-0.2, -0.15) is 5.10 Å². The molecule has 184 valence electrons. The third-order valence-corrected chi connectivity index (χ3v) is 6.96. The Morgan fingerprint density at radius 1 is 1.05 bits per heavy atom. The predicted octanol–water partition coefficient (Wildman–Crippen LogP) is 5.00. The fourth-order valence-electron chi connectivity index (χ4n) is 4.37. The minimum Gasteiger partial charge on any atom is -0.454 e. The Kier molecular flexibility index (Phi) is 5.69. The highest BCUT2D eigenvalue weighted by Crippen LogP contribution is 2.39. The monoisotopic (exact) mass is 577 g/mol. The van der Waals surface area contributed by atoms with Crippen LogP contribution < -0.4 is 20.5 Å². The number of benzene rings is 3. The molecule has 0 atom stereocenters. The molecule has 3 heterocycles. The van der Waals surface area contributed by atoms with Crippen LogP contribution in [0.4, 0.5) is 5.69 Å². The first kappa shape index (κ1) is 23.3. The SMILES string of the molecule is NC(=O)Cc1nn(-c2ccc3c(c2)OCO3)c2c1cc(Br)c1ccc(NC(=O)c3cccnc3Cl)cc12. The number of nitrogens with two attached hydrogens (primary N) is 1. The summed E-state index contributed by atoms with van der Waals surface area (Å²) >= 11 is 9.75. The van der Waals surface area contributed by atoms with E-state index in [-0.39, 0.29) is 29.8 Å². The highest BCUT2D eigenvalue weighted by atomic mass is 79.9. The van der Waals surface area contributed by atoms with Crippen LogP contribution in [-0.4, -0.2) is 33.4 Å². The van der Waals surface area contributed by atoms with E-state index in [1.807, 2.05) is 36.4 Å². The normalized spacial score (nSPS) is 12.3. The molecule has 0 unspecified atom stereocenters. The van der Waals surface area contributed by atoms with Crippen LogP contribution in [-0.2, 0) is 11.2 Å². The highest BCUT2D eigenvalue weighted by molar-refractivity contribution is 9.10. The van der Waals surface area contributed by atoms with Gasteiger partial charge in [-0.25, -0.2) is 9.67 Å². The molecule has 3 N–H and O–H groups in total. The first-order valence-corrected chi connectivity index (χ1v) is 12.3. The second-order valence-electron chi connectivity index (χ2n) is 8.35.